The van der Waals surface area contributed by atoms with E-state index in [-0.39, 0.29) is 5.92 Å². The van der Waals surface area contributed by atoms with Gasteiger partial charge in [-0.2, -0.15) is 0 Å². The lowest BCUT2D eigenvalue weighted by molar-refractivity contribution is -0.0579. The summed E-state index contributed by atoms with van der Waals surface area (Å²) in [6.07, 6.45) is 1.83. The molecule has 1 aliphatic rings. The van der Waals surface area contributed by atoms with Crippen molar-refractivity contribution in [1.29, 1.82) is 0 Å². The van der Waals surface area contributed by atoms with Crippen LogP contribution in [0.5, 0.6) is 0 Å². The first-order chi connectivity index (χ1) is 7.60. The molecular weight excluding hydrogens is 202 g/mol. The summed E-state index contributed by atoms with van der Waals surface area (Å²) in [7, 11) is 0. The highest BCUT2D eigenvalue weighted by Crippen LogP contribution is 2.35. The Morgan fingerprint density at radius 2 is 1.81 bits per heavy atom. The fraction of sp³-hybridized carbons (Fsp3) is 0.538. The Morgan fingerprint density at radius 3 is 2.38 bits per heavy atom. The number of rotatable bonds is 2. The average molecular weight is 221 g/mol. The van der Waals surface area contributed by atoms with Crippen molar-refractivity contribution in [2.45, 2.75) is 25.4 Å². The second kappa shape index (κ2) is 4.44. The molecule has 0 bridgehead atoms. The van der Waals surface area contributed by atoms with Gasteiger partial charge in [0.2, 0.25) is 0 Å². The lowest BCUT2D eigenvalue weighted by Gasteiger charge is -2.36. The van der Waals surface area contributed by atoms with Crippen LogP contribution in [0.4, 0.5) is 5.69 Å². The fourth-order valence-electron chi connectivity index (χ4n) is 2.32. The summed E-state index contributed by atoms with van der Waals surface area (Å²) in [6.45, 7) is 3.38. The van der Waals surface area contributed by atoms with Crippen LogP contribution in [0, 0.1) is 5.92 Å². The third-order valence-corrected chi connectivity index (χ3v) is 3.51. The van der Waals surface area contributed by atoms with Crippen LogP contribution < -0.4 is 5.73 Å². The molecule has 3 heteroatoms. The molecule has 1 aromatic carbocycles. The van der Waals surface area contributed by atoms with Gasteiger partial charge in [0, 0.05) is 18.9 Å². The Hall–Kier alpha value is -1.06. The molecule has 1 aromatic rings. The quantitative estimate of drug-likeness (QED) is 0.750. The molecule has 3 N–H and O–H groups in total. The topological polar surface area (TPSA) is 55.5 Å². The third kappa shape index (κ3) is 2.20. The lowest BCUT2D eigenvalue weighted by Crippen LogP contribution is -2.35. The SMILES string of the molecule is CC(O)(c1ccc(N)cc1)C1CCOCC1. The number of nitrogen functional groups attached to an aromatic ring is 1. The van der Waals surface area contributed by atoms with Crippen molar-refractivity contribution >= 4 is 5.69 Å². The first kappa shape index (κ1) is 11.4. The molecule has 2 rings (SSSR count). The van der Waals surface area contributed by atoms with Gasteiger partial charge in [0.25, 0.3) is 0 Å². The van der Waals surface area contributed by atoms with Gasteiger partial charge in [-0.3, -0.25) is 0 Å². The Balaban J connectivity index is 2.19. The van der Waals surface area contributed by atoms with Crippen molar-refractivity contribution in [3.05, 3.63) is 29.8 Å². The van der Waals surface area contributed by atoms with Crippen molar-refractivity contribution < 1.29 is 9.84 Å². The molecule has 1 heterocycles. The largest absolute Gasteiger partial charge is 0.399 e. The molecular formula is C13H19NO2. The van der Waals surface area contributed by atoms with Crippen molar-refractivity contribution in [1.82, 2.24) is 0 Å². The minimum Gasteiger partial charge on any atom is -0.399 e. The van der Waals surface area contributed by atoms with E-state index >= 15 is 0 Å². The van der Waals surface area contributed by atoms with E-state index in [1.165, 1.54) is 0 Å². The van der Waals surface area contributed by atoms with Crippen LogP contribution in [0.25, 0.3) is 0 Å². The average Bonchev–Trinajstić information content (AvgIpc) is 2.31. The molecule has 1 aliphatic heterocycles. The molecule has 1 unspecified atom stereocenters. The van der Waals surface area contributed by atoms with Crippen LogP contribution in [0.1, 0.15) is 25.3 Å². The number of nitrogens with two attached hydrogens (primary N) is 1. The van der Waals surface area contributed by atoms with E-state index in [2.05, 4.69) is 0 Å². The Bertz CT molecular complexity index is 339. The monoisotopic (exact) mass is 221 g/mol. The molecule has 1 saturated heterocycles. The van der Waals surface area contributed by atoms with Crippen molar-refractivity contribution in [3.63, 3.8) is 0 Å². The number of aliphatic hydroxyl groups is 1. The van der Waals surface area contributed by atoms with E-state index < -0.39 is 5.60 Å². The van der Waals surface area contributed by atoms with Gasteiger partial charge < -0.3 is 15.6 Å². The summed E-state index contributed by atoms with van der Waals surface area (Å²) in [5, 5.41) is 10.6. The second-order valence-electron chi connectivity index (χ2n) is 4.66. The number of anilines is 1. The van der Waals surface area contributed by atoms with Crippen LogP contribution in [0.3, 0.4) is 0 Å². The van der Waals surface area contributed by atoms with E-state index in [1.807, 2.05) is 31.2 Å². The maximum absolute atomic E-state index is 10.6. The summed E-state index contributed by atoms with van der Waals surface area (Å²) >= 11 is 0. The predicted molar refractivity (Wildman–Crippen MR) is 64.0 cm³/mol. The molecule has 1 fully saturated rings. The second-order valence-corrected chi connectivity index (χ2v) is 4.66. The maximum Gasteiger partial charge on any atom is 0.0898 e. The molecule has 0 spiro atoms. The number of benzene rings is 1. The highest BCUT2D eigenvalue weighted by Gasteiger charge is 2.34. The van der Waals surface area contributed by atoms with Crippen LogP contribution in [-0.4, -0.2) is 18.3 Å². The fourth-order valence-corrected chi connectivity index (χ4v) is 2.32. The van der Waals surface area contributed by atoms with E-state index in [9.17, 15) is 5.11 Å². The van der Waals surface area contributed by atoms with E-state index in [0.717, 1.165) is 37.3 Å². The minimum atomic E-state index is -0.780. The Labute approximate surface area is 96.2 Å². The number of ether oxygens (including phenoxy) is 1. The van der Waals surface area contributed by atoms with E-state index in [4.69, 9.17) is 10.5 Å². The van der Waals surface area contributed by atoms with Crippen molar-refractivity contribution in [2.75, 3.05) is 18.9 Å². The summed E-state index contributed by atoms with van der Waals surface area (Å²) in [6, 6.07) is 7.49. The summed E-state index contributed by atoms with van der Waals surface area (Å²) < 4.78 is 5.32. The van der Waals surface area contributed by atoms with Gasteiger partial charge in [-0.15, -0.1) is 0 Å². The lowest BCUT2D eigenvalue weighted by atomic mass is 9.78. The third-order valence-electron chi connectivity index (χ3n) is 3.51. The van der Waals surface area contributed by atoms with Crippen molar-refractivity contribution in [3.8, 4) is 0 Å². The van der Waals surface area contributed by atoms with Gasteiger partial charge in [0.1, 0.15) is 0 Å². The van der Waals surface area contributed by atoms with Crippen molar-refractivity contribution in [2.24, 2.45) is 5.92 Å². The van der Waals surface area contributed by atoms with Gasteiger partial charge in [-0.25, -0.2) is 0 Å². The Morgan fingerprint density at radius 1 is 1.25 bits per heavy atom. The minimum absolute atomic E-state index is 0.268. The molecule has 0 amide bonds. The van der Waals surface area contributed by atoms with Gasteiger partial charge in [-0.1, -0.05) is 12.1 Å². The number of hydrogen-bond donors (Lipinski definition) is 2. The molecule has 0 saturated carbocycles. The van der Waals surface area contributed by atoms with Gasteiger partial charge >= 0.3 is 0 Å². The van der Waals surface area contributed by atoms with Crippen LogP contribution >= 0.6 is 0 Å². The van der Waals surface area contributed by atoms with Crippen LogP contribution in [0.15, 0.2) is 24.3 Å². The van der Waals surface area contributed by atoms with E-state index in [0.29, 0.717) is 0 Å². The molecule has 1 atom stereocenters. The predicted octanol–water partition coefficient (Wildman–Crippen LogP) is 1.90. The van der Waals surface area contributed by atoms with Crippen LogP contribution in [0.2, 0.25) is 0 Å². The zero-order valence-electron chi connectivity index (χ0n) is 9.65. The molecule has 0 aromatic heterocycles. The zero-order chi connectivity index (χ0) is 11.6. The smallest absolute Gasteiger partial charge is 0.0898 e. The summed E-state index contributed by atoms with van der Waals surface area (Å²) in [5.74, 6) is 0.268. The summed E-state index contributed by atoms with van der Waals surface area (Å²) in [4.78, 5) is 0. The first-order valence-electron chi connectivity index (χ1n) is 5.77. The number of hydrogen-bond acceptors (Lipinski definition) is 3. The molecule has 0 aliphatic carbocycles. The highest BCUT2D eigenvalue weighted by atomic mass is 16.5. The normalized spacial score (nSPS) is 21.6. The van der Waals surface area contributed by atoms with Gasteiger partial charge in [0.05, 0.1) is 5.60 Å². The standard InChI is InChI=1S/C13H19NO2/c1-13(15,11-6-8-16-9-7-11)10-2-4-12(14)5-3-10/h2-5,11,15H,6-9,14H2,1H3. The molecule has 3 nitrogen and oxygen atoms in total. The van der Waals surface area contributed by atoms with Gasteiger partial charge in [-0.05, 0) is 43.4 Å². The first-order valence-corrected chi connectivity index (χ1v) is 5.77. The maximum atomic E-state index is 10.6. The molecule has 88 valence electrons. The molecule has 0 radical (unpaired) electrons. The summed E-state index contributed by atoms with van der Waals surface area (Å²) in [5.41, 5.74) is 6.53. The van der Waals surface area contributed by atoms with Crippen LogP contribution in [-0.2, 0) is 10.3 Å². The Kier molecular flexibility index (Phi) is 3.17. The zero-order valence-corrected chi connectivity index (χ0v) is 9.65. The van der Waals surface area contributed by atoms with Gasteiger partial charge in [0.15, 0.2) is 0 Å². The highest BCUT2D eigenvalue weighted by molar-refractivity contribution is 5.40. The molecule has 16 heavy (non-hydrogen) atoms. The van der Waals surface area contributed by atoms with E-state index in [1.54, 1.807) is 0 Å².